The number of nitrogens with one attached hydrogen (secondary N) is 1. The van der Waals surface area contributed by atoms with E-state index in [0.717, 1.165) is 40.7 Å². The van der Waals surface area contributed by atoms with E-state index in [4.69, 9.17) is 4.74 Å². The Morgan fingerprint density at radius 1 is 0.920 bits per heavy atom. The Morgan fingerprint density at radius 3 is 2.56 bits per heavy atom. The Bertz CT molecular complexity index is 821. The summed E-state index contributed by atoms with van der Waals surface area (Å²) in [5.41, 5.74) is 1.93. The predicted molar refractivity (Wildman–Crippen MR) is 101 cm³/mol. The van der Waals surface area contributed by atoms with Gasteiger partial charge in [-0.05, 0) is 55.2 Å². The zero-order valence-corrected chi connectivity index (χ0v) is 14.3. The second kappa shape index (κ2) is 7.51. The first-order chi connectivity index (χ1) is 12.4. The van der Waals surface area contributed by atoms with Crippen molar-refractivity contribution >= 4 is 22.4 Å². The van der Waals surface area contributed by atoms with Crippen molar-refractivity contribution in [1.29, 1.82) is 0 Å². The molecule has 128 valence electrons. The number of hydrogen-bond acceptors (Lipinski definition) is 4. The highest BCUT2D eigenvalue weighted by atomic mass is 16.5. The fourth-order valence-corrected chi connectivity index (χ4v) is 3.44. The molecular formula is C21H23N3O. The topological polar surface area (TPSA) is 47.0 Å². The lowest BCUT2D eigenvalue weighted by Gasteiger charge is -2.21. The van der Waals surface area contributed by atoms with Crippen molar-refractivity contribution in [1.82, 2.24) is 9.97 Å². The third-order valence-corrected chi connectivity index (χ3v) is 4.87. The molecule has 1 fully saturated rings. The van der Waals surface area contributed by atoms with Gasteiger partial charge in [0.25, 0.3) is 0 Å². The molecule has 1 aromatic heterocycles. The SMILES string of the molecule is c1ccc2c(Nc3ccc(OCC4CCCCC4)cc3)ncnc2c1. The Hall–Kier alpha value is -2.62. The molecule has 1 aliphatic rings. The van der Waals surface area contributed by atoms with Gasteiger partial charge in [-0.1, -0.05) is 31.4 Å². The van der Waals surface area contributed by atoms with Crippen molar-refractivity contribution in [2.75, 3.05) is 11.9 Å². The summed E-state index contributed by atoms with van der Waals surface area (Å²) in [6, 6.07) is 16.1. The minimum Gasteiger partial charge on any atom is -0.493 e. The molecule has 0 atom stereocenters. The molecule has 0 unspecified atom stereocenters. The van der Waals surface area contributed by atoms with Crippen LogP contribution in [0.5, 0.6) is 5.75 Å². The highest BCUT2D eigenvalue weighted by Crippen LogP contribution is 2.26. The lowest BCUT2D eigenvalue weighted by Crippen LogP contribution is -2.15. The van der Waals surface area contributed by atoms with Gasteiger partial charge in [-0.3, -0.25) is 0 Å². The van der Waals surface area contributed by atoms with E-state index in [1.165, 1.54) is 32.1 Å². The van der Waals surface area contributed by atoms with Gasteiger partial charge in [-0.2, -0.15) is 0 Å². The molecule has 0 radical (unpaired) electrons. The van der Waals surface area contributed by atoms with Crippen molar-refractivity contribution in [3.63, 3.8) is 0 Å². The summed E-state index contributed by atoms with van der Waals surface area (Å²) < 4.78 is 5.97. The van der Waals surface area contributed by atoms with E-state index >= 15 is 0 Å². The maximum atomic E-state index is 5.97. The Morgan fingerprint density at radius 2 is 1.72 bits per heavy atom. The summed E-state index contributed by atoms with van der Waals surface area (Å²) >= 11 is 0. The van der Waals surface area contributed by atoms with Crippen LogP contribution in [0, 0.1) is 5.92 Å². The van der Waals surface area contributed by atoms with Gasteiger partial charge in [-0.25, -0.2) is 9.97 Å². The van der Waals surface area contributed by atoms with Crippen molar-refractivity contribution in [3.05, 3.63) is 54.9 Å². The van der Waals surface area contributed by atoms with Gasteiger partial charge in [0.2, 0.25) is 0 Å². The average molecular weight is 333 g/mol. The van der Waals surface area contributed by atoms with E-state index in [1.807, 2.05) is 48.5 Å². The first kappa shape index (κ1) is 15.9. The molecule has 0 saturated heterocycles. The molecule has 3 aromatic rings. The van der Waals surface area contributed by atoms with Gasteiger partial charge in [0.05, 0.1) is 12.1 Å². The zero-order valence-electron chi connectivity index (χ0n) is 14.3. The Labute approximate surface area is 148 Å². The van der Waals surface area contributed by atoms with Gasteiger partial charge in [0, 0.05) is 11.1 Å². The zero-order chi connectivity index (χ0) is 16.9. The standard InChI is InChI=1S/C21H23N3O/c1-2-6-16(7-3-1)14-25-18-12-10-17(11-13-18)24-21-19-8-4-5-9-20(19)22-15-23-21/h4-5,8-13,15-16H,1-3,6-7,14H2,(H,22,23,24). The number of nitrogens with zero attached hydrogens (tertiary/aromatic N) is 2. The van der Waals surface area contributed by atoms with Gasteiger partial charge in [0.15, 0.2) is 0 Å². The minimum absolute atomic E-state index is 0.721. The monoisotopic (exact) mass is 333 g/mol. The van der Waals surface area contributed by atoms with Crippen LogP contribution in [0.1, 0.15) is 32.1 Å². The normalized spacial score (nSPS) is 15.2. The van der Waals surface area contributed by atoms with E-state index in [1.54, 1.807) is 6.33 Å². The van der Waals surface area contributed by atoms with Gasteiger partial charge >= 0.3 is 0 Å². The van der Waals surface area contributed by atoms with Crippen molar-refractivity contribution < 1.29 is 4.74 Å². The number of ether oxygens (including phenoxy) is 1. The lowest BCUT2D eigenvalue weighted by molar-refractivity contribution is 0.209. The van der Waals surface area contributed by atoms with E-state index < -0.39 is 0 Å². The molecule has 0 spiro atoms. The fourth-order valence-electron chi connectivity index (χ4n) is 3.44. The van der Waals surface area contributed by atoms with Crippen LogP contribution in [0.3, 0.4) is 0 Å². The summed E-state index contributed by atoms with van der Waals surface area (Å²) in [5, 5.41) is 4.39. The summed E-state index contributed by atoms with van der Waals surface area (Å²) in [6.45, 7) is 0.837. The molecule has 0 bridgehead atoms. The predicted octanol–water partition coefficient (Wildman–Crippen LogP) is 5.33. The van der Waals surface area contributed by atoms with Crippen molar-refractivity contribution in [2.45, 2.75) is 32.1 Å². The number of hydrogen-bond donors (Lipinski definition) is 1. The maximum Gasteiger partial charge on any atom is 0.141 e. The molecule has 2 aromatic carbocycles. The summed E-state index contributed by atoms with van der Waals surface area (Å²) in [4.78, 5) is 8.66. The van der Waals surface area contributed by atoms with E-state index in [2.05, 4.69) is 15.3 Å². The number of fused-ring (bicyclic) bond motifs is 1. The summed E-state index contributed by atoms with van der Waals surface area (Å²) in [7, 11) is 0. The van der Waals surface area contributed by atoms with Crippen LogP contribution in [-0.4, -0.2) is 16.6 Å². The molecule has 4 nitrogen and oxygen atoms in total. The quantitative estimate of drug-likeness (QED) is 0.685. The second-order valence-corrected chi connectivity index (χ2v) is 6.70. The molecule has 4 heteroatoms. The van der Waals surface area contributed by atoms with Crippen molar-refractivity contribution in [3.8, 4) is 5.75 Å². The number of aromatic nitrogens is 2. The summed E-state index contributed by atoms with van der Waals surface area (Å²) in [6.07, 6.45) is 8.29. The molecule has 1 heterocycles. The third kappa shape index (κ3) is 3.90. The number of anilines is 2. The summed E-state index contributed by atoms with van der Waals surface area (Å²) in [5.74, 6) is 2.48. The van der Waals surface area contributed by atoms with Crippen LogP contribution in [0.4, 0.5) is 11.5 Å². The molecule has 0 amide bonds. The average Bonchev–Trinajstić information content (AvgIpc) is 2.69. The van der Waals surface area contributed by atoms with Crippen LogP contribution < -0.4 is 10.1 Å². The Balaban J connectivity index is 1.41. The first-order valence-electron chi connectivity index (χ1n) is 9.08. The number of benzene rings is 2. The van der Waals surface area contributed by atoms with Gasteiger partial charge in [0.1, 0.15) is 17.9 Å². The van der Waals surface area contributed by atoms with E-state index in [-0.39, 0.29) is 0 Å². The fraction of sp³-hybridized carbons (Fsp3) is 0.333. The molecule has 25 heavy (non-hydrogen) atoms. The van der Waals surface area contributed by atoms with E-state index in [0.29, 0.717) is 0 Å². The highest BCUT2D eigenvalue weighted by molar-refractivity contribution is 5.90. The number of rotatable bonds is 5. The molecule has 0 aliphatic heterocycles. The smallest absolute Gasteiger partial charge is 0.141 e. The molecule has 1 N–H and O–H groups in total. The van der Waals surface area contributed by atoms with E-state index in [9.17, 15) is 0 Å². The number of para-hydroxylation sites is 1. The third-order valence-electron chi connectivity index (χ3n) is 4.87. The molecular weight excluding hydrogens is 310 g/mol. The van der Waals surface area contributed by atoms with Crippen LogP contribution in [0.2, 0.25) is 0 Å². The first-order valence-corrected chi connectivity index (χ1v) is 9.08. The molecule has 1 aliphatic carbocycles. The molecule has 4 rings (SSSR count). The van der Waals surface area contributed by atoms with Crippen LogP contribution in [-0.2, 0) is 0 Å². The second-order valence-electron chi connectivity index (χ2n) is 6.70. The van der Waals surface area contributed by atoms with Crippen LogP contribution in [0.15, 0.2) is 54.9 Å². The van der Waals surface area contributed by atoms with Crippen LogP contribution >= 0.6 is 0 Å². The highest BCUT2D eigenvalue weighted by Gasteiger charge is 2.13. The largest absolute Gasteiger partial charge is 0.493 e. The van der Waals surface area contributed by atoms with Gasteiger partial charge in [-0.15, -0.1) is 0 Å². The maximum absolute atomic E-state index is 5.97. The van der Waals surface area contributed by atoms with Crippen LogP contribution in [0.25, 0.3) is 10.9 Å². The Kier molecular flexibility index (Phi) is 4.77. The minimum atomic E-state index is 0.721. The molecule has 1 saturated carbocycles. The van der Waals surface area contributed by atoms with Crippen molar-refractivity contribution in [2.24, 2.45) is 5.92 Å². The van der Waals surface area contributed by atoms with Gasteiger partial charge < -0.3 is 10.1 Å². The lowest BCUT2D eigenvalue weighted by atomic mass is 9.90.